The highest BCUT2D eigenvalue weighted by Gasteiger charge is 2.15. The predicted octanol–water partition coefficient (Wildman–Crippen LogP) is -1.08. The van der Waals surface area contributed by atoms with Crippen LogP contribution in [0.4, 0.5) is 0 Å². The van der Waals surface area contributed by atoms with Crippen LogP contribution in [0.5, 0.6) is 0 Å². The number of carboxylic acid groups (broad SMARTS) is 1. The quantitative estimate of drug-likeness (QED) is 0.674. The Morgan fingerprint density at radius 2 is 2.33 bits per heavy atom. The summed E-state index contributed by atoms with van der Waals surface area (Å²) in [6, 6.07) is 1.64. The zero-order valence-electron chi connectivity index (χ0n) is 8.04. The van der Waals surface area contributed by atoms with Gasteiger partial charge in [-0.3, -0.25) is 9.48 Å². The van der Waals surface area contributed by atoms with Gasteiger partial charge in [0.05, 0.1) is 12.2 Å². The molecule has 0 aliphatic heterocycles. The van der Waals surface area contributed by atoms with Crippen molar-refractivity contribution in [2.45, 2.75) is 6.54 Å². The van der Waals surface area contributed by atoms with Crippen LogP contribution in [0.1, 0.15) is 5.69 Å². The molecule has 0 spiro atoms. The summed E-state index contributed by atoms with van der Waals surface area (Å²) in [6.07, 6.45) is 1.53. The van der Waals surface area contributed by atoms with E-state index in [2.05, 4.69) is 9.82 Å². The van der Waals surface area contributed by atoms with E-state index in [9.17, 15) is 13.2 Å². The van der Waals surface area contributed by atoms with Gasteiger partial charge >= 0.3 is 5.97 Å². The monoisotopic (exact) mass is 233 g/mol. The molecular weight excluding hydrogens is 222 g/mol. The molecule has 1 aromatic rings. The molecule has 0 saturated carbocycles. The second kappa shape index (κ2) is 4.41. The number of aliphatic carboxylic acids is 1. The Labute approximate surface area is 86.8 Å². The maximum atomic E-state index is 11.1. The lowest BCUT2D eigenvalue weighted by Gasteiger charge is -2.04. The van der Waals surface area contributed by atoms with Crippen LogP contribution in [-0.4, -0.2) is 35.0 Å². The van der Waals surface area contributed by atoms with Gasteiger partial charge in [0.15, 0.2) is 5.75 Å². The van der Waals surface area contributed by atoms with Crippen molar-refractivity contribution in [3.05, 3.63) is 18.0 Å². The first-order chi connectivity index (χ1) is 6.91. The molecule has 1 aromatic heterocycles. The van der Waals surface area contributed by atoms with E-state index in [4.69, 9.17) is 5.11 Å². The summed E-state index contributed by atoms with van der Waals surface area (Å²) in [5.74, 6) is -2.31. The number of rotatable bonds is 5. The van der Waals surface area contributed by atoms with E-state index in [0.29, 0.717) is 5.69 Å². The highest BCUT2D eigenvalue weighted by atomic mass is 32.2. The third kappa shape index (κ3) is 3.68. The zero-order chi connectivity index (χ0) is 11.5. The number of nitrogens with one attached hydrogen (secondary N) is 1. The number of nitrogens with zero attached hydrogens (tertiary/aromatic N) is 2. The fourth-order valence-electron chi connectivity index (χ4n) is 0.972. The highest BCUT2D eigenvalue weighted by molar-refractivity contribution is 7.90. The summed E-state index contributed by atoms with van der Waals surface area (Å²) in [5.41, 5.74) is 0.656. The van der Waals surface area contributed by atoms with Crippen LogP contribution in [0.2, 0.25) is 0 Å². The Morgan fingerprint density at radius 3 is 2.80 bits per heavy atom. The smallest absolute Gasteiger partial charge is 0.320 e. The van der Waals surface area contributed by atoms with Gasteiger partial charge in [-0.05, 0) is 6.07 Å². The topological polar surface area (TPSA) is 101 Å². The molecule has 0 fully saturated rings. The SMILES string of the molecule is Cn1nccc1CNS(=O)(=O)CC(=O)O. The maximum absolute atomic E-state index is 11.1. The van der Waals surface area contributed by atoms with Gasteiger partial charge in [-0.1, -0.05) is 0 Å². The van der Waals surface area contributed by atoms with E-state index < -0.39 is 21.7 Å². The van der Waals surface area contributed by atoms with Crippen LogP contribution in [-0.2, 0) is 28.4 Å². The van der Waals surface area contributed by atoms with Crippen LogP contribution in [0.3, 0.4) is 0 Å². The molecule has 8 heteroatoms. The Kier molecular flexibility index (Phi) is 3.43. The molecule has 0 bridgehead atoms. The molecule has 0 aromatic carbocycles. The van der Waals surface area contributed by atoms with E-state index in [1.54, 1.807) is 13.1 Å². The summed E-state index contributed by atoms with van der Waals surface area (Å²) in [4.78, 5) is 10.2. The molecule has 0 aliphatic rings. The van der Waals surface area contributed by atoms with Crippen molar-refractivity contribution in [2.75, 3.05) is 5.75 Å². The summed E-state index contributed by atoms with van der Waals surface area (Å²) < 4.78 is 25.9. The molecule has 15 heavy (non-hydrogen) atoms. The molecule has 84 valence electrons. The summed E-state index contributed by atoms with van der Waals surface area (Å²) in [5, 5.41) is 12.2. The van der Waals surface area contributed by atoms with Gasteiger partial charge in [0.2, 0.25) is 10.0 Å². The second-order valence-corrected chi connectivity index (χ2v) is 4.73. The van der Waals surface area contributed by atoms with Gasteiger partial charge in [-0.2, -0.15) is 5.10 Å². The average Bonchev–Trinajstić information content (AvgIpc) is 2.45. The number of sulfonamides is 1. The van der Waals surface area contributed by atoms with Gasteiger partial charge < -0.3 is 5.11 Å². The summed E-state index contributed by atoms with van der Waals surface area (Å²) in [7, 11) is -2.10. The van der Waals surface area contributed by atoms with Crippen LogP contribution in [0.25, 0.3) is 0 Å². The molecule has 1 rings (SSSR count). The standard InChI is InChI=1S/C7H11N3O4S/c1-10-6(2-3-8-10)4-9-15(13,14)5-7(11)12/h2-3,9H,4-5H2,1H3,(H,11,12). The van der Waals surface area contributed by atoms with Crippen molar-refractivity contribution < 1.29 is 18.3 Å². The fourth-order valence-corrected chi connectivity index (χ4v) is 1.77. The van der Waals surface area contributed by atoms with Crippen LogP contribution < -0.4 is 4.72 Å². The van der Waals surface area contributed by atoms with E-state index in [1.807, 2.05) is 0 Å². The third-order valence-corrected chi connectivity index (χ3v) is 2.92. The Morgan fingerprint density at radius 1 is 1.67 bits per heavy atom. The number of aryl methyl sites for hydroxylation is 1. The first-order valence-corrected chi connectivity index (χ1v) is 5.72. The lowest BCUT2D eigenvalue weighted by atomic mass is 10.4. The second-order valence-electron chi connectivity index (χ2n) is 2.92. The Bertz CT molecular complexity index is 451. The first kappa shape index (κ1) is 11.7. The van der Waals surface area contributed by atoms with Crippen molar-refractivity contribution >= 4 is 16.0 Å². The van der Waals surface area contributed by atoms with E-state index in [-0.39, 0.29) is 6.54 Å². The molecule has 1 heterocycles. The van der Waals surface area contributed by atoms with Gasteiger partial charge in [-0.25, -0.2) is 13.1 Å². The number of hydrogen-bond acceptors (Lipinski definition) is 4. The number of hydrogen-bond donors (Lipinski definition) is 2. The van der Waals surface area contributed by atoms with E-state index >= 15 is 0 Å². The summed E-state index contributed by atoms with van der Waals surface area (Å²) in [6.45, 7) is 0.0338. The van der Waals surface area contributed by atoms with Crippen LogP contribution in [0, 0.1) is 0 Å². The minimum atomic E-state index is -3.76. The van der Waals surface area contributed by atoms with Gasteiger partial charge in [0.1, 0.15) is 0 Å². The zero-order valence-corrected chi connectivity index (χ0v) is 8.86. The Hall–Kier alpha value is -1.41. The Balaban J connectivity index is 2.58. The molecule has 7 nitrogen and oxygen atoms in total. The lowest BCUT2D eigenvalue weighted by molar-refractivity contribution is -0.134. The van der Waals surface area contributed by atoms with Crippen molar-refractivity contribution in [3.63, 3.8) is 0 Å². The van der Waals surface area contributed by atoms with Gasteiger partial charge in [0.25, 0.3) is 0 Å². The normalized spacial score (nSPS) is 11.5. The molecule has 0 radical (unpaired) electrons. The van der Waals surface area contributed by atoms with Gasteiger partial charge in [0, 0.05) is 13.2 Å². The molecular formula is C7H11N3O4S. The molecule has 0 atom stereocenters. The van der Waals surface area contributed by atoms with Crippen molar-refractivity contribution in [3.8, 4) is 0 Å². The van der Waals surface area contributed by atoms with Gasteiger partial charge in [-0.15, -0.1) is 0 Å². The number of carboxylic acids is 1. The molecule has 0 saturated heterocycles. The van der Waals surface area contributed by atoms with Crippen LogP contribution in [0.15, 0.2) is 12.3 Å². The average molecular weight is 233 g/mol. The van der Waals surface area contributed by atoms with Crippen molar-refractivity contribution in [1.82, 2.24) is 14.5 Å². The minimum absolute atomic E-state index is 0.0338. The molecule has 0 amide bonds. The predicted molar refractivity (Wildman–Crippen MR) is 51.5 cm³/mol. The molecule has 2 N–H and O–H groups in total. The van der Waals surface area contributed by atoms with Crippen molar-refractivity contribution in [2.24, 2.45) is 7.05 Å². The largest absolute Gasteiger partial charge is 0.480 e. The minimum Gasteiger partial charge on any atom is -0.480 e. The maximum Gasteiger partial charge on any atom is 0.320 e. The highest BCUT2D eigenvalue weighted by Crippen LogP contribution is 1.96. The lowest BCUT2D eigenvalue weighted by Crippen LogP contribution is -2.30. The molecule has 0 unspecified atom stereocenters. The van der Waals surface area contributed by atoms with E-state index in [0.717, 1.165) is 0 Å². The van der Waals surface area contributed by atoms with E-state index in [1.165, 1.54) is 10.9 Å². The van der Waals surface area contributed by atoms with Crippen LogP contribution >= 0.6 is 0 Å². The van der Waals surface area contributed by atoms with Crippen molar-refractivity contribution in [1.29, 1.82) is 0 Å². The molecule has 0 aliphatic carbocycles. The third-order valence-electron chi connectivity index (χ3n) is 1.71. The number of carbonyl (C=O) groups is 1. The fraction of sp³-hybridized carbons (Fsp3) is 0.429. The summed E-state index contributed by atoms with van der Waals surface area (Å²) >= 11 is 0. The number of aromatic nitrogens is 2. The first-order valence-electron chi connectivity index (χ1n) is 4.07.